The fourth-order valence-corrected chi connectivity index (χ4v) is 3.78. The first kappa shape index (κ1) is 12.5. The number of nitrogens with zero attached hydrogens (tertiary/aromatic N) is 1. The third-order valence-electron chi connectivity index (χ3n) is 3.05. The van der Waals surface area contributed by atoms with E-state index in [1.165, 1.54) is 4.31 Å². The molecule has 0 aliphatic carbocycles. The van der Waals surface area contributed by atoms with E-state index < -0.39 is 16.1 Å². The number of hydrogen-bond donors (Lipinski definition) is 1. The number of β-amino-alcohol motifs (C(OH)–C–C–N with tert-alkyl or cyclic N) is 1. The summed E-state index contributed by atoms with van der Waals surface area (Å²) in [7, 11) is -3.23. The molecule has 1 aliphatic rings. The van der Waals surface area contributed by atoms with E-state index in [4.69, 9.17) is 5.11 Å². The molecular weight excluding hydrogens is 238 g/mol. The van der Waals surface area contributed by atoms with E-state index in [1.807, 2.05) is 37.3 Å². The first-order chi connectivity index (χ1) is 7.99. The minimum Gasteiger partial charge on any atom is -0.390 e. The summed E-state index contributed by atoms with van der Waals surface area (Å²) in [6.45, 7) is 2.39. The third-order valence-corrected chi connectivity index (χ3v) is 5.06. The van der Waals surface area contributed by atoms with Crippen molar-refractivity contribution in [2.24, 2.45) is 0 Å². The van der Waals surface area contributed by atoms with Crippen LogP contribution < -0.4 is 0 Å². The number of aliphatic hydroxyl groups is 1. The molecule has 0 spiro atoms. The molecule has 1 fully saturated rings. The minimum atomic E-state index is -3.23. The van der Waals surface area contributed by atoms with Gasteiger partial charge in [-0.3, -0.25) is 0 Å². The lowest BCUT2D eigenvalue weighted by molar-refractivity contribution is 0.0547. The van der Waals surface area contributed by atoms with Crippen LogP contribution in [0.25, 0.3) is 0 Å². The van der Waals surface area contributed by atoms with E-state index in [-0.39, 0.29) is 24.8 Å². The van der Waals surface area contributed by atoms with Crippen molar-refractivity contribution in [3.05, 3.63) is 35.9 Å². The van der Waals surface area contributed by atoms with Gasteiger partial charge in [-0.15, -0.1) is 0 Å². The van der Waals surface area contributed by atoms with Gasteiger partial charge in [0, 0.05) is 13.1 Å². The Balaban J connectivity index is 2.01. The number of hydrogen-bond acceptors (Lipinski definition) is 3. The molecule has 0 saturated carbocycles. The van der Waals surface area contributed by atoms with Gasteiger partial charge in [-0.25, -0.2) is 8.42 Å². The summed E-state index contributed by atoms with van der Waals surface area (Å²) in [6, 6.07) is 9.60. The molecule has 0 radical (unpaired) electrons. The summed E-state index contributed by atoms with van der Waals surface area (Å²) in [4.78, 5) is 0. The van der Waals surface area contributed by atoms with Crippen LogP contribution in [-0.2, 0) is 10.0 Å². The first-order valence-electron chi connectivity index (χ1n) is 5.70. The molecule has 4 nitrogen and oxygen atoms in total. The second-order valence-corrected chi connectivity index (χ2v) is 6.57. The lowest BCUT2D eigenvalue weighted by atomic mass is 10.0. The summed E-state index contributed by atoms with van der Waals surface area (Å²) < 4.78 is 25.3. The predicted molar refractivity (Wildman–Crippen MR) is 66.2 cm³/mol. The molecule has 1 unspecified atom stereocenters. The van der Waals surface area contributed by atoms with Crippen molar-refractivity contribution in [2.75, 3.05) is 18.8 Å². The lowest BCUT2D eigenvalue weighted by Gasteiger charge is -2.35. The predicted octanol–water partition coefficient (Wildman–Crippen LogP) is 0.796. The van der Waals surface area contributed by atoms with Crippen molar-refractivity contribution in [2.45, 2.75) is 18.9 Å². The zero-order chi connectivity index (χ0) is 12.5. The zero-order valence-corrected chi connectivity index (χ0v) is 10.6. The van der Waals surface area contributed by atoms with Crippen molar-refractivity contribution in [3.8, 4) is 0 Å². The molecule has 0 amide bonds. The minimum absolute atomic E-state index is 0.0288. The normalized spacial score (nSPS) is 19.9. The molecule has 94 valence electrons. The van der Waals surface area contributed by atoms with Gasteiger partial charge in [-0.1, -0.05) is 37.3 Å². The molecular formula is C12H17NO3S. The van der Waals surface area contributed by atoms with E-state index >= 15 is 0 Å². The monoisotopic (exact) mass is 255 g/mol. The Morgan fingerprint density at radius 3 is 2.47 bits per heavy atom. The Hall–Kier alpha value is -0.910. The van der Waals surface area contributed by atoms with Crippen molar-refractivity contribution in [3.63, 3.8) is 0 Å². The van der Waals surface area contributed by atoms with Crippen molar-refractivity contribution < 1.29 is 13.5 Å². The Morgan fingerprint density at radius 1 is 1.35 bits per heavy atom. The second kappa shape index (κ2) is 4.76. The van der Waals surface area contributed by atoms with Gasteiger partial charge in [0.1, 0.15) is 0 Å². The van der Waals surface area contributed by atoms with Crippen LogP contribution in [0.1, 0.15) is 18.4 Å². The van der Waals surface area contributed by atoms with Crippen LogP contribution in [0.15, 0.2) is 30.3 Å². The summed E-state index contributed by atoms with van der Waals surface area (Å²) >= 11 is 0. The SMILES string of the molecule is CC(CS(=O)(=O)N1CC(O)C1)c1ccccc1. The summed E-state index contributed by atoms with van der Waals surface area (Å²) in [5, 5.41) is 9.13. The lowest BCUT2D eigenvalue weighted by Crippen LogP contribution is -2.54. The summed E-state index contributed by atoms with van der Waals surface area (Å²) in [5.41, 5.74) is 1.03. The number of rotatable bonds is 4. The maximum absolute atomic E-state index is 12.0. The molecule has 2 rings (SSSR count). The average molecular weight is 255 g/mol. The van der Waals surface area contributed by atoms with Crippen LogP contribution in [0.5, 0.6) is 0 Å². The van der Waals surface area contributed by atoms with Gasteiger partial charge in [0.25, 0.3) is 0 Å². The first-order valence-corrected chi connectivity index (χ1v) is 7.31. The zero-order valence-electron chi connectivity index (χ0n) is 9.78. The highest BCUT2D eigenvalue weighted by Crippen LogP contribution is 2.21. The molecule has 5 heteroatoms. The van der Waals surface area contributed by atoms with Crippen LogP contribution in [0.4, 0.5) is 0 Å². The van der Waals surface area contributed by atoms with Crippen molar-refractivity contribution in [1.29, 1.82) is 0 Å². The van der Waals surface area contributed by atoms with Crippen LogP contribution in [0, 0.1) is 0 Å². The second-order valence-electron chi connectivity index (χ2n) is 4.56. The molecule has 1 saturated heterocycles. The van der Waals surface area contributed by atoms with E-state index in [0.29, 0.717) is 0 Å². The van der Waals surface area contributed by atoms with Crippen LogP contribution in [0.2, 0.25) is 0 Å². The Labute approximate surface area is 102 Å². The number of sulfonamides is 1. The molecule has 1 aromatic rings. The average Bonchev–Trinajstić information content (AvgIpc) is 2.25. The fraction of sp³-hybridized carbons (Fsp3) is 0.500. The van der Waals surface area contributed by atoms with Gasteiger partial charge in [0.2, 0.25) is 10.0 Å². The highest BCUT2D eigenvalue weighted by Gasteiger charge is 2.35. The van der Waals surface area contributed by atoms with Crippen molar-refractivity contribution in [1.82, 2.24) is 4.31 Å². The number of aliphatic hydroxyl groups excluding tert-OH is 1. The molecule has 0 bridgehead atoms. The molecule has 1 heterocycles. The molecule has 1 aromatic carbocycles. The third kappa shape index (κ3) is 2.86. The quantitative estimate of drug-likeness (QED) is 0.865. The van der Waals surface area contributed by atoms with Crippen LogP contribution >= 0.6 is 0 Å². The molecule has 0 aromatic heterocycles. The Morgan fingerprint density at radius 2 is 1.94 bits per heavy atom. The van der Waals surface area contributed by atoms with Gasteiger partial charge >= 0.3 is 0 Å². The van der Waals surface area contributed by atoms with E-state index in [1.54, 1.807) is 0 Å². The van der Waals surface area contributed by atoms with Gasteiger partial charge < -0.3 is 5.11 Å². The summed E-state index contributed by atoms with van der Waals surface area (Å²) in [5.74, 6) is 0.0722. The molecule has 1 aliphatic heterocycles. The smallest absolute Gasteiger partial charge is 0.214 e. The maximum atomic E-state index is 12.0. The molecule has 17 heavy (non-hydrogen) atoms. The highest BCUT2D eigenvalue weighted by atomic mass is 32.2. The van der Waals surface area contributed by atoms with Gasteiger partial charge in [0.15, 0.2) is 0 Å². The largest absolute Gasteiger partial charge is 0.390 e. The molecule has 1 N–H and O–H groups in total. The van der Waals surface area contributed by atoms with Crippen LogP contribution in [-0.4, -0.2) is 42.8 Å². The van der Waals surface area contributed by atoms with E-state index in [9.17, 15) is 8.42 Å². The Bertz CT molecular complexity index is 466. The van der Waals surface area contributed by atoms with E-state index in [0.717, 1.165) is 5.56 Å². The summed E-state index contributed by atoms with van der Waals surface area (Å²) in [6.07, 6.45) is -0.489. The van der Waals surface area contributed by atoms with Gasteiger partial charge in [0.05, 0.1) is 11.9 Å². The maximum Gasteiger partial charge on any atom is 0.214 e. The van der Waals surface area contributed by atoms with E-state index in [2.05, 4.69) is 0 Å². The number of benzene rings is 1. The van der Waals surface area contributed by atoms with Gasteiger partial charge in [-0.2, -0.15) is 4.31 Å². The van der Waals surface area contributed by atoms with Crippen molar-refractivity contribution >= 4 is 10.0 Å². The molecule has 1 atom stereocenters. The topological polar surface area (TPSA) is 57.6 Å². The fourth-order valence-electron chi connectivity index (χ4n) is 1.94. The standard InChI is InChI=1S/C12H17NO3S/c1-10(11-5-3-2-4-6-11)9-17(15,16)13-7-12(14)8-13/h2-6,10,12,14H,7-9H2,1H3. The van der Waals surface area contributed by atoms with Gasteiger partial charge in [-0.05, 0) is 11.5 Å². The highest BCUT2D eigenvalue weighted by molar-refractivity contribution is 7.89. The van der Waals surface area contributed by atoms with Crippen LogP contribution in [0.3, 0.4) is 0 Å². The Kier molecular flexibility index (Phi) is 3.51.